The molecule has 6 nitrogen and oxygen atoms in total. The van der Waals surface area contributed by atoms with Crippen LogP contribution in [0, 0.1) is 0 Å². The van der Waals surface area contributed by atoms with Crippen LogP contribution in [0.3, 0.4) is 0 Å². The van der Waals surface area contributed by atoms with Gasteiger partial charge in [0.25, 0.3) is 0 Å². The van der Waals surface area contributed by atoms with E-state index < -0.39 is 12.5 Å². The number of aromatic nitrogens is 2. The van der Waals surface area contributed by atoms with Gasteiger partial charge in [-0.15, -0.1) is 0 Å². The van der Waals surface area contributed by atoms with Gasteiger partial charge in [0.15, 0.2) is 0 Å². The molecule has 3 atom stereocenters. The van der Waals surface area contributed by atoms with E-state index >= 15 is 0 Å². The minimum Gasteiger partial charge on any atom is -0.339 e. The van der Waals surface area contributed by atoms with Gasteiger partial charge in [0.05, 0.1) is 23.4 Å². The number of halogens is 2. The summed E-state index contributed by atoms with van der Waals surface area (Å²) in [6.07, 6.45) is 0.937. The van der Waals surface area contributed by atoms with Crippen molar-refractivity contribution in [1.29, 1.82) is 0 Å². The molecule has 1 saturated heterocycles. The van der Waals surface area contributed by atoms with Gasteiger partial charge in [0.1, 0.15) is 6.17 Å². The van der Waals surface area contributed by atoms with Crippen LogP contribution in [0.25, 0.3) is 10.9 Å². The zero-order chi connectivity index (χ0) is 20.7. The predicted octanol–water partition coefficient (Wildman–Crippen LogP) is 4.61. The molecule has 1 aliphatic heterocycles. The average Bonchev–Trinajstić information content (AvgIpc) is 3.38. The molecule has 3 unspecified atom stereocenters. The number of carbonyl (C=O) groups excluding carboxylic acids is 1. The Morgan fingerprint density at radius 3 is 2.93 bits per heavy atom. The van der Waals surface area contributed by atoms with Crippen LogP contribution < -0.4 is 15.5 Å². The van der Waals surface area contributed by atoms with Crippen LogP contribution in [0.1, 0.15) is 36.4 Å². The number of nitrogens with zero attached hydrogens (tertiary/aromatic N) is 2. The molecule has 156 valence electrons. The third-order valence-corrected chi connectivity index (χ3v) is 6.07. The van der Waals surface area contributed by atoms with Crippen LogP contribution in [0.15, 0.2) is 42.6 Å². The van der Waals surface area contributed by atoms with Gasteiger partial charge in [0.2, 0.25) is 6.30 Å². The minimum absolute atomic E-state index is 0.174. The van der Waals surface area contributed by atoms with Crippen molar-refractivity contribution in [2.45, 2.75) is 44.2 Å². The molecule has 2 aromatic carbocycles. The van der Waals surface area contributed by atoms with Crippen molar-refractivity contribution in [2.24, 2.45) is 0 Å². The number of carbonyl (C=O) groups is 1. The van der Waals surface area contributed by atoms with E-state index in [0.29, 0.717) is 25.1 Å². The van der Waals surface area contributed by atoms with Gasteiger partial charge >= 0.3 is 6.03 Å². The fourth-order valence-corrected chi connectivity index (χ4v) is 4.61. The van der Waals surface area contributed by atoms with Gasteiger partial charge in [-0.1, -0.05) is 18.2 Å². The van der Waals surface area contributed by atoms with Crippen LogP contribution in [0.5, 0.6) is 0 Å². The molecule has 0 radical (unpaired) electrons. The standard InChI is InChI=1S/C22H23F2N5O/c23-16-5-3-11-29(21(16)24)20-8-1-4-13-14(20)9-10-18(13)27-22(30)26-17-6-2-7-19-15(17)12-25-28-19/h1-2,4,6-8,12,16,18,21H,3,5,9-11H2,(H,25,28)(H2,26,27,30). The largest absolute Gasteiger partial charge is 0.339 e. The summed E-state index contributed by atoms with van der Waals surface area (Å²) >= 11 is 0. The molecule has 0 bridgehead atoms. The highest BCUT2D eigenvalue weighted by molar-refractivity contribution is 6.00. The van der Waals surface area contributed by atoms with E-state index in [4.69, 9.17) is 0 Å². The number of urea groups is 1. The molecule has 1 aromatic heterocycles. The Balaban J connectivity index is 1.34. The van der Waals surface area contributed by atoms with Crippen molar-refractivity contribution in [1.82, 2.24) is 15.5 Å². The van der Waals surface area contributed by atoms with Crippen molar-refractivity contribution < 1.29 is 13.6 Å². The first kappa shape index (κ1) is 18.8. The zero-order valence-electron chi connectivity index (χ0n) is 16.4. The molecule has 0 saturated carbocycles. The first-order valence-electron chi connectivity index (χ1n) is 10.3. The van der Waals surface area contributed by atoms with Gasteiger partial charge in [0, 0.05) is 17.6 Å². The Kier molecular flexibility index (Phi) is 4.77. The topological polar surface area (TPSA) is 73.0 Å². The quantitative estimate of drug-likeness (QED) is 0.551. The molecule has 0 spiro atoms. The Morgan fingerprint density at radius 1 is 1.17 bits per heavy atom. The summed E-state index contributed by atoms with van der Waals surface area (Å²) in [4.78, 5) is 14.2. The fraction of sp³-hybridized carbons (Fsp3) is 0.364. The number of aromatic amines is 1. The van der Waals surface area contributed by atoms with Crippen LogP contribution in [-0.2, 0) is 6.42 Å². The summed E-state index contributed by atoms with van der Waals surface area (Å²) in [7, 11) is 0. The highest BCUT2D eigenvalue weighted by Crippen LogP contribution is 2.39. The molecule has 1 aliphatic carbocycles. The Labute approximate surface area is 172 Å². The van der Waals surface area contributed by atoms with Crippen LogP contribution in [0.2, 0.25) is 0 Å². The average molecular weight is 411 g/mol. The summed E-state index contributed by atoms with van der Waals surface area (Å²) < 4.78 is 28.4. The summed E-state index contributed by atoms with van der Waals surface area (Å²) in [5, 5.41) is 13.6. The van der Waals surface area contributed by atoms with Crippen molar-refractivity contribution in [3.63, 3.8) is 0 Å². The first-order chi connectivity index (χ1) is 14.6. The van der Waals surface area contributed by atoms with Crippen molar-refractivity contribution >= 4 is 28.3 Å². The minimum atomic E-state index is -1.61. The number of fused-ring (bicyclic) bond motifs is 2. The molecule has 3 N–H and O–H groups in total. The molecular weight excluding hydrogens is 388 g/mol. The first-order valence-corrected chi connectivity index (χ1v) is 10.3. The predicted molar refractivity (Wildman–Crippen MR) is 112 cm³/mol. The molecule has 1 fully saturated rings. The van der Waals surface area contributed by atoms with Crippen molar-refractivity contribution in [3.8, 4) is 0 Å². The Hall–Kier alpha value is -3.16. The Morgan fingerprint density at radius 2 is 2.03 bits per heavy atom. The molecule has 30 heavy (non-hydrogen) atoms. The maximum Gasteiger partial charge on any atom is 0.319 e. The Bertz CT molecular complexity index is 1080. The maximum absolute atomic E-state index is 14.5. The monoisotopic (exact) mass is 411 g/mol. The van der Waals surface area contributed by atoms with E-state index in [0.717, 1.165) is 34.1 Å². The lowest BCUT2D eigenvalue weighted by atomic mass is 10.0. The third kappa shape index (κ3) is 3.26. The van der Waals surface area contributed by atoms with Gasteiger partial charge in [-0.2, -0.15) is 5.10 Å². The second-order valence-electron chi connectivity index (χ2n) is 7.90. The van der Waals surface area contributed by atoms with Crippen LogP contribution >= 0.6 is 0 Å². The zero-order valence-corrected chi connectivity index (χ0v) is 16.4. The number of nitrogens with one attached hydrogen (secondary N) is 3. The number of anilines is 2. The number of amides is 2. The van der Waals surface area contributed by atoms with E-state index in [1.54, 1.807) is 6.20 Å². The van der Waals surface area contributed by atoms with E-state index in [9.17, 15) is 13.6 Å². The highest BCUT2D eigenvalue weighted by atomic mass is 19.2. The number of H-pyrrole nitrogens is 1. The van der Waals surface area contributed by atoms with Crippen molar-refractivity contribution in [2.75, 3.05) is 16.8 Å². The second kappa shape index (κ2) is 7.59. The van der Waals surface area contributed by atoms with E-state index in [1.807, 2.05) is 36.4 Å². The second-order valence-corrected chi connectivity index (χ2v) is 7.90. The van der Waals surface area contributed by atoms with Gasteiger partial charge in [-0.3, -0.25) is 5.10 Å². The lowest BCUT2D eigenvalue weighted by molar-refractivity contribution is 0.129. The number of hydrogen-bond donors (Lipinski definition) is 3. The molecule has 2 heterocycles. The lowest BCUT2D eigenvalue weighted by Crippen LogP contribution is -2.44. The highest BCUT2D eigenvalue weighted by Gasteiger charge is 2.35. The number of benzene rings is 2. The van der Waals surface area contributed by atoms with Gasteiger partial charge in [-0.05, 0) is 55.0 Å². The summed E-state index contributed by atoms with van der Waals surface area (Å²) in [5.74, 6) is 0. The third-order valence-electron chi connectivity index (χ3n) is 6.07. The number of piperidine rings is 1. The molecule has 3 aromatic rings. The molecule has 8 heteroatoms. The molecule has 2 aliphatic rings. The fourth-order valence-electron chi connectivity index (χ4n) is 4.61. The van der Waals surface area contributed by atoms with Crippen LogP contribution in [-0.4, -0.2) is 35.2 Å². The van der Waals surface area contributed by atoms with E-state index in [2.05, 4.69) is 20.8 Å². The SMILES string of the molecule is O=C(Nc1cccc2[nH]ncc12)NC1CCc2c1cccc2N1CCCC(F)C1F. The van der Waals surface area contributed by atoms with E-state index in [1.165, 1.54) is 4.90 Å². The maximum atomic E-state index is 14.5. The molecule has 2 amide bonds. The van der Waals surface area contributed by atoms with E-state index in [-0.39, 0.29) is 18.5 Å². The summed E-state index contributed by atoms with van der Waals surface area (Å²) in [5.41, 5.74) is 4.23. The van der Waals surface area contributed by atoms with Gasteiger partial charge in [-0.25, -0.2) is 13.6 Å². The number of alkyl halides is 2. The lowest BCUT2D eigenvalue weighted by Gasteiger charge is -2.35. The summed E-state index contributed by atoms with van der Waals surface area (Å²) in [6, 6.07) is 10.7. The van der Waals surface area contributed by atoms with Crippen molar-refractivity contribution in [3.05, 3.63) is 53.7 Å². The smallest absolute Gasteiger partial charge is 0.319 e. The summed E-state index contributed by atoms with van der Waals surface area (Å²) in [6.45, 7) is 0.505. The van der Waals surface area contributed by atoms with Crippen LogP contribution in [0.4, 0.5) is 25.0 Å². The molecular formula is C22H23F2N5O. The molecule has 5 rings (SSSR count). The normalized spacial score (nSPS) is 23.4. The van der Waals surface area contributed by atoms with Gasteiger partial charge < -0.3 is 15.5 Å². The number of hydrogen-bond acceptors (Lipinski definition) is 3. The number of rotatable bonds is 3.